The van der Waals surface area contributed by atoms with E-state index in [9.17, 15) is 4.79 Å². The summed E-state index contributed by atoms with van der Waals surface area (Å²) in [5.41, 5.74) is 9.43. The highest BCUT2D eigenvalue weighted by Crippen LogP contribution is 2.39. The average molecular weight is 349 g/mol. The average Bonchev–Trinajstić information content (AvgIpc) is 3.30. The first-order valence-electron chi connectivity index (χ1n) is 8.72. The maximum atomic E-state index is 12.4. The molecule has 1 saturated carbocycles. The van der Waals surface area contributed by atoms with Gasteiger partial charge in [0.1, 0.15) is 23.4 Å². The van der Waals surface area contributed by atoms with E-state index in [1.165, 1.54) is 12.8 Å². The van der Waals surface area contributed by atoms with Crippen LogP contribution in [-0.4, -0.2) is 25.6 Å². The molecule has 1 atom stereocenters. The van der Waals surface area contributed by atoms with Crippen LogP contribution >= 0.6 is 0 Å². The van der Waals surface area contributed by atoms with Crippen molar-refractivity contribution in [1.29, 1.82) is 0 Å². The zero-order valence-corrected chi connectivity index (χ0v) is 14.1. The summed E-state index contributed by atoms with van der Waals surface area (Å²) < 4.78 is 1.65. The molecule has 1 unspecified atom stereocenters. The van der Waals surface area contributed by atoms with E-state index < -0.39 is 6.17 Å². The number of nitrogens with zero attached hydrogens (tertiary/aromatic N) is 3. The van der Waals surface area contributed by atoms with E-state index in [0.717, 1.165) is 11.3 Å². The zero-order chi connectivity index (χ0) is 17.7. The predicted molar refractivity (Wildman–Crippen MR) is 98.2 cm³/mol. The number of nitrogens with two attached hydrogens (primary N) is 1. The number of aliphatic imine (C=N–C) groups is 1. The lowest BCUT2D eigenvalue weighted by Gasteiger charge is -2.20. The van der Waals surface area contributed by atoms with E-state index >= 15 is 0 Å². The first-order chi connectivity index (χ1) is 12.7. The molecule has 5 rings (SSSR count). The summed E-state index contributed by atoms with van der Waals surface area (Å²) in [6.07, 6.45) is 1.76. The van der Waals surface area contributed by atoms with Crippen LogP contribution in [0.15, 0.2) is 46.2 Å². The highest BCUT2D eigenvalue weighted by Gasteiger charge is 2.29. The van der Waals surface area contributed by atoms with Gasteiger partial charge in [-0.25, -0.2) is 9.79 Å². The number of hydrogen-bond acceptors (Lipinski definition) is 5. The van der Waals surface area contributed by atoms with Gasteiger partial charge >= 0.3 is 5.69 Å². The maximum Gasteiger partial charge on any atom is 0.327 e. The van der Waals surface area contributed by atoms with Crippen molar-refractivity contribution in [2.24, 2.45) is 10.7 Å². The number of fused-ring (bicyclic) bond motifs is 1. The van der Waals surface area contributed by atoms with Crippen LogP contribution in [-0.2, 0) is 6.54 Å². The third-order valence-electron chi connectivity index (χ3n) is 4.85. The Bertz CT molecular complexity index is 1040. The number of amidine groups is 1. The lowest BCUT2D eigenvalue weighted by molar-refractivity contribution is 0.737. The van der Waals surface area contributed by atoms with Gasteiger partial charge < -0.3 is 16.0 Å². The Morgan fingerprint density at radius 3 is 2.81 bits per heavy atom. The van der Waals surface area contributed by atoms with Crippen LogP contribution in [0.1, 0.15) is 47.6 Å². The van der Waals surface area contributed by atoms with Gasteiger partial charge in [0.2, 0.25) is 0 Å². The Balaban J connectivity index is 1.49. The zero-order valence-electron chi connectivity index (χ0n) is 14.1. The molecular formula is C18H19N7O. The quantitative estimate of drug-likeness (QED) is 0.573. The van der Waals surface area contributed by atoms with Crippen molar-refractivity contribution in [3.05, 3.63) is 69.5 Å². The van der Waals surface area contributed by atoms with Crippen LogP contribution in [0.2, 0.25) is 0 Å². The van der Waals surface area contributed by atoms with Crippen LogP contribution in [0.4, 0.5) is 5.82 Å². The molecule has 0 spiro atoms. The molecule has 132 valence electrons. The summed E-state index contributed by atoms with van der Waals surface area (Å²) in [5.74, 6) is 1.80. The molecule has 3 aromatic rings. The minimum absolute atomic E-state index is 0.209. The number of imidazole rings is 1. The predicted octanol–water partition coefficient (Wildman–Crippen LogP) is 1.65. The number of benzene rings is 1. The minimum atomic E-state index is -0.632. The Morgan fingerprint density at radius 2 is 2.04 bits per heavy atom. The molecule has 2 aromatic heterocycles. The van der Waals surface area contributed by atoms with Gasteiger partial charge in [-0.1, -0.05) is 30.3 Å². The maximum absolute atomic E-state index is 12.4. The van der Waals surface area contributed by atoms with Crippen molar-refractivity contribution >= 4 is 11.7 Å². The molecule has 0 radical (unpaired) electrons. The number of aromatic nitrogens is 4. The molecule has 8 heteroatoms. The molecule has 0 bridgehead atoms. The fraction of sp³-hybridized carbons (Fsp3) is 0.278. The van der Waals surface area contributed by atoms with Crippen LogP contribution in [0.3, 0.4) is 0 Å². The van der Waals surface area contributed by atoms with Gasteiger partial charge in [-0.2, -0.15) is 5.10 Å². The molecule has 8 nitrogen and oxygen atoms in total. The Hall–Kier alpha value is -3.13. The van der Waals surface area contributed by atoms with Crippen LogP contribution < -0.4 is 16.7 Å². The van der Waals surface area contributed by atoms with Crippen LogP contribution in [0.25, 0.3) is 0 Å². The monoisotopic (exact) mass is 349 g/mol. The fourth-order valence-corrected chi connectivity index (χ4v) is 3.29. The number of nitrogens with one attached hydrogen (secondary N) is 3. The van der Waals surface area contributed by atoms with Crippen LogP contribution in [0.5, 0.6) is 0 Å². The third kappa shape index (κ3) is 2.55. The number of hydrogen-bond donors (Lipinski definition) is 4. The second kappa shape index (κ2) is 5.70. The molecule has 1 aliphatic heterocycles. The fourth-order valence-electron chi connectivity index (χ4n) is 3.29. The molecule has 5 N–H and O–H groups in total. The van der Waals surface area contributed by atoms with Crippen molar-refractivity contribution < 1.29 is 0 Å². The summed E-state index contributed by atoms with van der Waals surface area (Å²) >= 11 is 0. The standard InChI is InChI=1S/C18H19N7O/c19-15-14-17(25(18(26)20-14)9-10-4-2-1-3-5-10)22-16(21-15)13-8-12(23-24-13)11-6-7-11/h1-5,8,11,15H,6-7,9,19H2,(H,20,26)(H,21,22)(H,23,24). The van der Waals surface area contributed by atoms with E-state index in [-0.39, 0.29) is 5.69 Å². The van der Waals surface area contributed by atoms with Crippen molar-refractivity contribution in [3.8, 4) is 0 Å². The number of aromatic amines is 2. The van der Waals surface area contributed by atoms with Gasteiger partial charge in [0, 0.05) is 11.6 Å². The molecule has 2 aliphatic rings. The molecule has 26 heavy (non-hydrogen) atoms. The largest absolute Gasteiger partial charge is 0.327 e. The Morgan fingerprint density at radius 1 is 1.23 bits per heavy atom. The van der Waals surface area contributed by atoms with Crippen LogP contribution in [0, 0.1) is 0 Å². The molecular weight excluding hydrogens is 330 g/mol. The lowest BCUT2D eigenvalue weighted by Crippen LogP contribution is -2.27. The van der Waals surface area contributed by atoms with E-state index in [4.69, 9.17) is 5.73 Å². The lowest BCUT2D eigenvalue weighted by atomic mass is 10.2. The number of H-pyrrole nitrogens is 2. The molecule has 3 heterocycles. The second-order valence-electron chi connectivity index (χ2n) is 6.79. The van der Waals surface area contributed by atoms with Gasteiger partial charge in [-0.15, -0.1) is 0 Å². The van der Waals surface area contributed by atoms with Crippen molar-refractivity contribution in [2.45, 2.75) is 31.5 Å². The SMILES string of the molecule is NC1N=C(c2cc(C3CC3)[nH]n2)Nc2c1[nH]c(=O)n2Cc1ccccc1. The molecule has 1 fully saturated rings. The van der Waals surface area contributed by atoms with Crippen molar-refractivity contribution in [2.75, 3.05) is 5.32 Å². The number of rotatable bonds is 4. The van der Waals surface area contributed by atoms with Crippen molar-refractivity contribution in [1.82, 2.24) is 19.7 Å². The van der Waals surface area contributed by atoms with Gasteiger partial charge in [0.05, 0.1) is 6.54 Å². The van der Waals surface area contributed by atoms with E-state index in [1.807, 2.05) is 36.4 Å². The first-order valence-corrected chi connectivity index (χ1v) is 8.72. The second-order valence-corrected chi connectivity index (χ2v) is 6.79. The van der Waals surface area contributed by atoms with E-state index in [2.05, 4.69) is 25.5 Å². The summed E-state index contributed by atoms with van der Waals surface area (Å²) in [5, 5.41) is 10.7. The summed E-state index contributed by atoms with van der Waals surface area (Å²) in [6.45, 7) is 0.451. The van der Waals surface area contributed by atoms with E-state index in [1.54, 1.807) is 4.57 Å². The summed E-state index contributed by atoms with van der Waals surface area (Å²) in [7, 11) is 0. The normalized spacial score (nSPS) is 19.0. The molecule has 0 amide bonds. The minimum Gasteiger partial charge on any atom is -0.323 e. The summed E-state index contributed by atoms with van der Waals surface area (Å²) in [4.78, 5) is 19.7. The summed E-state index contributed by atoms with van der Waals surface area (Å²) in [6, 6.07) is 11.8. The number of anilines is 1. The molecule has 1 aromatic carbocycles. The Kier molecular flexibility index (Phi) is 3.32. The molecule has 1 aliphatic carbocycles. The molecule has 0 saturated heterocycles. The van der Waals surface area contributed by atoms with Crippen molar-refractivity contribution in [3.63, 3.8) is 0 Å². The topological polar surface area (TPSA) is 117 Å². The van der Waals surface area contributed by atoms with E-state index in [0.29, 0.717) is 35.5 Å². The van der Waals surface area contributed by atoms with Gasteiger partial charge in [0.25, 0.3) is 0 Å². The van der Waals surface area contributed by atoms with Gasteiger partial charge in [0.15, 0.2) is 5.84 Å². The van der Waals surface area contributed by atoms with Gasteiger partial charge in [-0.3, -0.25) is 9.67 Å². The third-order valence-corrected chi connectivity index (χ3v) is 4.85. The highest BCUT2D eigenvalue weighted by atomic mass is 16.1. The smallest absolute Gasteiger partial charge is 0.323 e. The first kappa shape index (κ1) is 15.2. The highest BCUT2D eigenvalue weighted by molar-refractivity contribution is 6.08. The van der Waals surface area contributed by atoms with Gasteiger partial charge in [-0.05, 0) is 24.5 Å². The Labute approximate surface area is 149 Å².